The highest BCUT2D eigenvalue weighted by Gasteiger charge is 2.11. The van der Waals surface area contributed by atoms with Crippen LogP contribution in [0.4, 0.5) is 5.69 Å². The third kappa shape index (κ3) is 2.25. The molecule has 0 atom stereocenters. The van der Waals surface area contributed by atoms with Gasteiger partial charge in [0.1, 0.15) is 0 Å². The van der Waals surface area contributed by atoms with Crippen LogP contribution in [0.3, 0.4) is 0 Å². The van der Waals surface area contributed by atoms with Gasteiger partial charge in [0.05, 0.1) is 0 Å². The van der Waals surface area contributed by atoms with Gasteiger partial charge in [0, 0.05) is 24.1 Å². The Bertz CT molecular complexity index is 758. The minimum Gasteiger partial charge on any atom is -0.321 e. The molecule has 5 heteroatoms. The fraction of sp³-hybridized carbons (Fsp3) is 0.133. The van der Waals surface area contributed by atoms with E-state index in [1.807, 2.05) is 32.0 Å². The number of nitrogens with zero attached hydrogens (tertiary/aromatic N) is 3. The van der Waals surface area contributed by atoms with Gasteiger partial charge in [-0.2, -0.15) is 5.10 Å². The van der Waals surface area contributed by atoms with Crippen molar-refractivity contribution in [2.75, 3.05) is 5.32 Å². The average molecular weight is 266 g/mol. The SMILES string of the molecule is Cc1ccc(NC(=O)c2cc3ncccn3n2)cc1C. The van der Waals surface area contributed by atoms with E-state index in [-0.39, 0.29) is 5.91 Å². The highest BCUT2D eigenvalue weighted by atomic mass is 16.1. The monoisotopic (exact) mass is 266 g/mol. The van der Waals surface area contributed by atoms with Gasteiger partial charge in [-0.05, 0) is 43.2 Å². The number of nitrogens with one attached hydrogen (secondary N) is 1. The summed E-state index contributed by atoms with van der Waals surface area (Å²) in [5.41, 5.74) is 4.10. The van der Waals surface area contributed by atoms with Gasteiger partial charge in [0.25, 0.3) is 5.91 Å². The molecular weight excluding hydrogens is 252 g/mol. The second-order valence-corrected chi connectivity index (χ2v) is 4.71. The van der Waals surface area contributed by atoms with Crippen molar-refractivity contribution in [1.82, 2.24) is 14.6 Å². The Morgan fingerprint density at radius 1 is 1.20 bits per heavy atom. The molecule has 100 valence electrons. The summed E-state index contributed by atoms with van der Waals surface area (Å²) in [5, 5.41) is 7.04. The van der Waals surface area contributed by atoms with E-state index in [0.717, 1.165) is 11.3 Å². The lowest BCUT2D eigenvalue weighted by molar-refractivity contribution is 0.102. The van der Waals surface area contributed by atoms with Crippen LogP contribution >= 0.6 is 0 Å². The maximum Gasteiger partial charge on any atom is 0.276 e. The van der Waals surface area contributed by atoms with E-state index in [1.165, 1.54) is 5.56 Å². The molecular formula is C15H14N4O. The molecule has 2 aromatic heterocycles. The first-order valence-electron chi connectivity index (χ1n) is 6.32. The number of aryl methyl sites for hydroxylation is 2. The maximum atomic E-state index is 12.2. The highest BCUT2D eigenvalue weighted by Crippen LogP contribution is 2.15. The zero-order valence-electron chi connectivity index (χ0n) is 11.3. The third-order valence-electron chi connectivity index (χ3n) is 3.23. The molecule has 0 fully saturated rings. The van der Waals surface area contributed by atoms with Crippen molar-refractivity contribution in [3.63, 3.8) is 0 Å². The summed E-state index contributed by atoms with van der Waals surface area (Å²) in [6.07, 6.45) is 3.43. The van der Waals surface area contributed by atoms with E-state index in [2.05, 4.69) is 15.4 Å². The van der Waals surface area contributed by atoms with Crippen LogP contribution in [0.5, 0.6) is 0 Å². The van der Waals surface area contributed by atoms with Crippen LogP contribution in [0, 0.1) is 13.8 Å². The third-order valence-corrected chi connectivity index (χ3v) is 3.23. The summed E-state index contributed by atoms with van der Waals surface area (Å²) < 4.78 is 1.58. The quantitative estimate of drug-likeness (QED) is 0.775. The molecule has 0 saturated carbocycles. The number of benzene rings is 1. The molecule has 3 rings (SSSR count). The molecule has 1 N–H and O–H groups in total. The van der Waals surface area contributed by atoms with E-state index < -0.39 is 0 Å². The van der Waals surface area contributed by atoms with Gasteiger partial charge in [-0.3, -0.25) is 4.79 Å². The predicted molar refractivity (Wildman–Crippen MR) is 76.9 cm³/mol. The Balaban J connectivity index is 1.86. The van der Waals surface area contributed by atoms with Gasteiger partial charge < -0.3 is 5.32 Å². The van der Waals surface area contributed by atoms with E-state index in [0.29, 0.717) is 11.3 Å². The largest absolute Gasteiger partial charge is 0.321 e. The normalized spacial score (nSPS) is 10.7. The van der Waals surface area contributed by atoms with Crippen LogP contribution in [0.15, 0.2) is 42.7 Å². The molecule has 0 radical (unpaired) electrons. The van der Waals surface area contributed by atoms with Crippen molar-refractivity contribution in [3.8, 4) is 0 Å². The number of anilines is 1. The van der Waals surface area contributed by atoms with E-state index >= 15 is 0 Å². The van der Waals surface area contributed by atoms with Gasteiger partial charge in [-0.1, -0.05) is 6.07 Å². The number of hydrogen-bond donors (Lipinski definition) is 1. The van der Waals surface area contributed by atoms with Gasteiger partial charge in [-0.15, -0.1) is 0 Å². The van der Waals surface area contributed by atoms with Crippen LogP contribution in [0.2, 0.25) is 0 Å². The summed E-state index contributed by atoms with van der Waals surface area (Å²) in [7, 11) is 0. The van der Waals surface area contributed by atoms with Crippen molar-refractivity contribution in [1.29, 1.82) is 0 Å². The standard InChI is InChI=1S/C15H14N4O/c1-10-4-5-12(8-11(10)2)17-15(20)13-9-14-16-6-3-7-19(14)18-13/h3-9H,1-2H3,(H,17,20). The van der Waals surface area contributed by atoms with Gasteiger partial charge in [0.15, 0.2) is 11.3 Å². The van der Waals surface area contributed by atoms with Crippen LogP contribution in [0.25, 0.3) is 5.65 Å². The Labute approximate surface area is 116 Å². The minimum absolute atomic E-state index is 0.237. The molecule has 2 heterocycles. The highest BCUT2D eigenvalue weighted by molar-refractivity contribution is 6.03. The second kappa shape index (κ2) is 4.77. The molecule has 0 bridgehead atoms. The Hall–Kier alpha value is -2.69. The Morgan fingerprint density at radius 3 is 2.80 bits per heavy atom. The number of rotatable bonds is 2. The van der Waals surface area contributed by atoms with Crippen LogP contribution in [-0.2, 0) is 0 Å². The molecule has 0 aliphatic carbocycles. The van der Waals surface area contributed by atoms with Crippen molar-refractivity contribution in [2.24, 2.45) is 0 Å². The maximum absolute atomic E-state index is 12.2. The zero-order valence-corrected chi connectivity index (χ0v) is 11.3. The van der Waals surface area contributed by atoms with Gasteiger partial charge in [-0.25, -0.2) is 9.50 Å². The fourth-order valence-electron chi connectivity index (χ4n) is 1.96. The van der Waals surface area contributed by atoms with Crippen molar-refractivity contribution >= 4 is 17.2 Å². The number of amides is 1. The fourth-order valence-corrected chi connectivity index (χ4v) is 1.96. The number of aromatic nitrogens is 3. The van der Waals surface area contributed by atoms with Crippen molar-refractivity contribution in [2.45, 2.75) is 13.8 Å². The lowest BCUT2D eigenvalue weighted by Gasteiger charge is -2.06. The lowest BCUT2D eigenvalue weighted by atomic mass is 10.1. The van der Waals surface area contributed by atoms with Gasteiger partial charge in [0.2, 0.25) is 0 Å². The van der Waals surface area contributed by atoms with E-state index in [4.69, 9.17) is 0 Å². The molecule has 1 aromatic carbocycles. The molecule has 5 nitrogen and oxygen atoms in total. The van der Waals surface area contributed by atoms with Gasteiger partial charge >= 0.3 is 0 Å². The summed E-state index contributed by atoms with van der Waals surface area (Å²) >= 11 is 0. The minimum atomic E-state index is -0.237. The van der Waals surface area contributed by atoms with E-state index in [9.17, 15) is 4.79 Å². The molecule has 0 aliphatic rings. The lowest BCUT2D eigenvalue weighted by Crippen LogP contribution is -2.12. The summed E-state index contributed by atoms with van der Waals surface area (Å²) in [4.78, 5) is 16.3. The predicted octanol–water partition coefficient (Wildman–Crippen LogP) is 2.60. The average Bonchev–Trinajstić information content (AvgIpc) is 2.87. The van der Waals surface area contributed by atoms with Crippen LogP contribution in [-0.4, -0.2) is 20.5 Å². The van der Waals surface area contributed by atoms with Crippen LogP contribution in [0.1, 0.15) is 21.6 Å². The second-order valence-electron chi connectivity index (χ2n) is 4.71. The smallest absolute Gasteiger partial charge is 0.276 e. The Kier molecular flexibility index (Phi) is 2.95. The first-order chi connectivity index (χ1) is 9.63. The van der Waals surface area contributed by atoms with Crippen molar-refractivity contribution in [3.05, 3.63) is 59.5 Å². The first-order valence-corrected chi connectivity index (χ1v) is 6.32. The Morgan fingerprint density at radius 2 is 2.05 bits per heavy atom. The van der Waals surface area contributed by atoms with Crippen LogP contribution < -0.4 is 5.32 Å². The molecule has 0 unspecified atom stereocenters. The number of carbonyl (C=O) groups is 1. The number of carbonyl (C=O) groups excluding carboxylic acids is 1. The molecule has 0 spiro atoms. The molecule has 3 aromatic rings. The summed E-state index contributed by atoms with van der Waals surface area (Å²) in [6.45, 7) is 4.05. The summed E-state index contributed by atoms with van der Waals surface area (Å²) in [6, 6.07) is 9.24. The topological polar surface area (TPSA) is 59.3 Å². The van der Waals surface area contributed by atoms with E-state index in [1.54, 1.807) is 29.0 Å². The summed E-state index contributed by atoms with van der Waals surface area (Å²) in [5.74, 6) is -0.237. The zero-order chi connectivity index (χ0) is 14.1. The first kappa shape index (κ1) is 12.3. The molecule has 0 saturated heterocycles. The molecule has 0 aliphatic heterocycles. The number of hydrogen-bond acceptors (Lipinski definition) is 3. The molecule has 20 heavy (non-hydrogen) atoms. The van der Waals surface area contributed by atoms with Crippen molar-refractivity contribution < 1.29 is 4.79 Å². The molecule has 1 amide bonds. The number of fused-ring (bicyclic) bond motifs is 1.